The normalized spacial score (nSPS) is 11.1. The van der Waals surface area contributed by atoms with Crippen molar-refractivity contribution in [2.75, 3.05) is 6.61 Å². The topological polar surface area (TPSA) is 86.5 Å². The Morgan fingerprint density at radius 3 is 2.19 bits per heavy atom. The van der Waals surface area contributed by atoms with Crippen molar-refractivity contribution in [3.05, 3.63) is 74.8 Å². The first-order valence-electron chi connectivity index (χ1n) is 7.22. The number of aryl methyl sites for hydroxylation is 1. The van der Waals surface area contributed by atoms with Gasteiger partial charge in [0, 0.05) is 17.2 Å². The van der Waals surface area contributed by atoms with E-state index >= 15 is 0 Å². The molecule has 2 aromatic rings. The number of Topliss-reactive ketones (excluding diaryl/α,β-unsaturated/α-hetero) is 1. The van der Waals surface area contributed by atoms with Gasteiger partial charge in [-0.1, -0.05) is 12.1 Å². The second kappa shape index (κ2) is 7.34. The average Bonchev–Trinajstić information content (AvgIpc) is 2.58. The minimum atomic E-state index is -4.53. The first-order chi connectivity index (χ1) is 12.1. The summed E-state index contributed by atoms with van der Waals surface area (Å²) < 4.78 is 42.2. The van der Waals surface area contributed by atoms with Gasteiger partial charge in [-0.05, 0) is 31.2 Å². The van der Waals surface area contributed by atoms with Crippen molar-refractivity contribution in [2.45, 2.75) is 13.1 Å². The van der Waals surface area contributed by atoms with E-state index in [0.29, 0.717) is 5.56 Å². The van der Waals surface area contributed by atoms with Crippen molar-refractivity contribution in [1.82, 2.24) is 0 Å². The fourth-order valence-corrected chi connectivity index (χ4v) is 2.07. The highest BCUT2D eigenvalue weighted by Gasteiger charge is 2.30. The zero-order valence-corrected chi connectivity index (χ0v) is 13.4. The molecule has 0 unspecified atom stereocenters. The number of carbonyl (C=O) groups excluding carboxylic acids is 2. The maximum atomic E-state index is 12.5. The van der Waals surface area contributed by atoms with Gasteiger partial charge in [0.1, 0.15) is 0 Å². The summed E-state index contributed by atoms with van der Waals surface area (Å²) in [4.78, 5) is 34.0. The lowest BCUT2D eigenvalue weighted by atomic mass is 10.1. The molecule has 0 N–H and O–H groups in total. The Morgan fingerprint density at radius 2 is 1.65 bits per heavy atom. The Hall–Kier alpha value is -3.23. The maximum Gasteiger partial charge on any atom is 0.416 e. The number of hydrogen-bond acceptors (Lipinski definition) is 5. The van der Waals surface area contributed by atoms with Crippen LogP contribution in [0.25, 0.3) is 0 Å². The van der Waals surface area contributed by atoms with Crippen LogP contribution in [0.5, 0.6) is 0 Å². The molecular formula is C17H12F3NO5. The number of ether oxygens (including phenoxy) is 1. The summed E-state index contributed by atoms with van der Waals surface area (Å²) in [7, 11) is 0. The van der Waals surface area contributed by atoms with Crippen LogP contribution in [-0.4, -0.2) is 23.3 Å². The number of halogens is 3. The van der Waals surface area contributed by atoms with Crippen molar-refractivity contribution in [3.8, 4) is 0 Å². The standard InChI is InChI=1S/C17H12F3NO5/c1-10-2-3-12(8-14(10)21(24)25)15(22)9-26-16(23)11-4-6-13(7-5-11)17(18,19)20/h2-8H,9H2,1H3. The summed E-state index contributed by atoms with van der Waals surface area (Å²) in [5.74, 6) is -1.65. The lowest BCUT2D eigenvalue weighted by Gasteiger charge is -2.08. The van der Waals surface area contributed by atoms with E-state index in [2.05, 4.69) is 0 Å². The van der Waals surface area contributed by atoms with Crippen LogP contribution < -0.4 is 0 Å². The predicted molar refractivity (Wildman–Crippen MR) is 83.9 cm³/mol. The van der Waals surface area contributed by atoms with Crippen LogP contribution >= 0.6 is 0 Å². The van der Waals surface area contributed by atoms with E-state index < -0.39 is 35.0 Å². The zero-order chi connectivity index (χ0) is 19.5. The van der Waals surface area contributed by atoms with E-state index in [-0.39, 0.29) is 16.8 Å². The molecule has 0 aliphatic heterocycles. The van der Waals surface area contributed by atoms with Gasteiger partial charge in [0.25, 0.3) is 5.69 Å². The molecule has 136 valence electrons. The van der Waals surface area contributed by atoms with Gasteiger partial charge in [-0.2, -0.15) is 13.2 Å². The van der Waals surface area contributed by atoms with E-state index in [9.17, 15) is 32.9 Å². The Kier molecular flexibility index (Phi) is 5.39. The maximum absolute atomic E-state index is 12.5. The number of ketones is 1. The van der Waals surface area contributed by atoms with Crippen molar-refractivity contribution in [3.63, 3.8) is 0 Å². The molecule has 0 fully saturated rings. The summed E-state index contributed by atoms with van der Waals surface area (Å²) in [6, 6.07) is 7.14. The molecule has 0 saturated heterocycles. The van der Waals surface area contributed by atoms with Gasteiger partial charge in [0.15, 0.2) is 6.61 Å². The highest BCUT2D eigenvalue weighted by atomic mass is 19.4. The zero-order valence-electron chi connectivity index (χ0n) is 13.4. The van der Waals surface area contributed by atoms with E-state index in [4.69, 9.17) is 4.74 Å². The van der Waals surface area contributed by atoms with Crippen LogP contribution in [0.3, 0.4) is 0 Å². The second-order valence-electron chi connectivity index (χ2n) is 5.33. The molecule has 9 heteroatoms. The van der Waals surface area contributed by atoms with Gasteiger partial charge in [-0.3, -0.25) is 14.9 Å². The van der Waals surface area contributed by atoms with Crippen LogP contribution in [0.1, 0.15) is 31.8 Å². The molecule has 0 saturated carbocycles. The smallest absolute Gasteiger partial charge is 0.416 e. The van der Waals surface area contributed by atoms with E-state index in [1.165, 1.54) is 19.1 Å². The van der Waals surface area contributed by atoms with Crippen LogP contribution in [-0.2, 0) is 10.9 Å². The van der Waals surface area contributed by atoms with Gasteiger partial charge in [-0.25, -0.2) is 4.79 Å². The number of nitro benzene ring substituents is 1. The fourth-order valence-electron chi connectivity index (χ4n) is 2.07. The number of nitro groups is 1. The van der Waals surface area contributed by atoms with Gasteiger partial charge < -0.3 is 4.74 Å². The molecule has 0 heterocycles. The molecule has 26 heavy (non-hydrogen) atoms. The summed E-state index contributed by atoms with van der Waals surface area (Å²) in [6.07, 6.45) is -4.53. The molecule has 0 amide bonds. The van der Waals surface area contributed by atoms with Crippen molar-refractivity contribution in [2.24, 2.45) is 0 Å². The van der Waals surface area contributed by atoms with E-state index in [1.54, 1.807) is 0 Å². The predicted octanol–water partition coefficient (Wildman–Crippen LogP) is 3.96. The summed E-state index contributed by atoms with van der Waals surface area (Å²) in [6.45, 7) is 0.817. The van der Waals surface area contributed by atoms with Crippen molar-refractivity contribution in [1.29, 1.82) is 0 Å². The monoisotopic (exact) mass is 367 g/mol. The third-order valence-corrected chi connectivity index (χ3v) is 3.51. The first-order valence-corrected chi connectivity index (χ1v) is 7.22. The molecule has 0 aliphatic carbocycles. The molecule has 0 aliphatic rings. The van der Waals surface area contributed by atoms with E-state index in [0.717, 1.165) is 30.3 Å². The highest BCUT2D eigenvalue weighted by Crippen LogP contribution is 2.29. The molecule has 2 rings (SSSR count). The number of hydrogen-bond donors (Lipinski definition) is 0. The lowest BCUT2D eigenvalue weighted by molar-refractivity contribution is -0.385. The number of alkyl halides is 3. The number of benzene rings is 2. The molecule has 0 radical (unpaired) electrons. The number of rotatable bonds is 5. The fraction of sp³-hybridized carbons (Fsp3) is 0.176. The molecule has 6 nitrogen and oxygen atoms in total. The van der Waals surface area contributed by atoms with Gasteiger partial charge in [0.05, 0.1) is 16.1 Å². The number of esters is 1. The minimum Gasteiger partial charge on any atom is -0.454 e. The summed E-state index contributed by atoms with van der Waals surface area (Å²) in [5, 5.41) is 10.9. The molecule has 0 spiro atoms. The van der Waals surface area contributed by atoms with Crippen LogP contribution in [0.2, 0.25) is 0 Å². The molecular weight excluding hydrogens is 355 g/mol. The molecule has 0 aromatic heterocycles. The van der Waals surface area contributed by atoms with Gasteiger partial charge in [0.2, 0.25) is 5.78 Å². The van der Waals surface area contributed by atoms with Crippen molar-refractivity contribution < 1.29 is 32.4 Å². The number of nitrogens with zero attached hydrogens (tertiary/aromatic N) is 1. The van der Waals surface area contributed by atoms with Crippen molar-refractivity contribution >= 4 is 17.4 Å². The Labute approximate surface area is 145 Å². The quantitative estimate of drug-likeness (QED) is 0.345. The van der Waals surface area contributed by atoms with Gasteiger partial charge in [-0.15, -0.1) is 0 Å². The highest BCUT2D eigenvalue weighted by molar-refractivity contribution is 5.99. The second-order valence-corrected chi connectivity index (χ2v) is 5.33. The molecule has 2 aromatic carbocycles. The average molecular weight is 367 g/mol. The van der Waals surface area contributed by atoms with E-state index in [1.807, 2.05) is 0 Å². The SMILES string of the molecule is Cc1ccc(C(=O)COC(=O)c2ccc(C(F)(F)F)cc2)cc1[N+](=O)[O-]. The lowest BCUT2D eigenvalue weighted by Crippen LogP contribution is -2.15. The third-order valence-electron chi connectivity index (χ3n) is 3.51. The Morgan fingerprint density at radius 1 is 1.08 bits per heavy atom. The largest absolute Gasteiger partial charge is 0.454 e. The third kappa shape index (κ3) is 4.44. The van der Waals surface area contributed by atoms with Crippen LogP contribution in [0.15, 0.2) is 42.5 Å². The Bertz CT molecular complexity index is 860. The summed E-state index contributed by atoms with van der Waals surface area (Å²) >= 11 is 0. The van der Waals surface area contributed by atoms with Crippen LogP contribution in [0.4, 0.5) is 18.9 Å². The Balaban J connectivity index is 2.04. The minimum absolute atomic E-state index is 0.0116. The van der Waals surface area contributed by atoms with Gasteiger partial charge >= 0.3 is 12.1 Å². The van der Waals surface area contributed by atoms with Crippen LogP contribution in [0, 0.1) is 17.0 Å². The molecule has 0 bridgehead atoms. The first kappa shape index (κ1) is 19.1. The molecule has 0 atom stereocenters. The number of carbonyl (C=O) groups is 2. The summed E-state index contributed by atoms with van der Waals surface area (Å²) in [5.41, 5.74) is -0.960.